The molecule has 0 unspecified atom stereocenters. The van der Waals surface area contributed by atoms with Crippen molar-refractivity contribution in [2.45, 2.75) is 44.8 Å². The van der Waals surface area contributed by atoms with Crippen LogP contribution in [0.4, 0.5) is 43.9 Å². The molecule has 0 aliphatic rings. The number of aliphatic carboxylic acids is 3. The van der Waals surface area contributed by atoms with Gasteiger partial charge in [0.05, 0.1) is 11.7 Å². The van der Waals surface area contributed by atoms with Crippen LogP contribution in [0.3, 0.4) is 0 Å². The SMILES string of the molecule is Cc1ccc(C[C@H](N)COc2cncc(-c3ccc4n[nH]c(C)c4c3)c2)cc1F.O=C(O)C(F)(F)F.O=C(O)C(F)(F)F.O=C(O)C(F)(F)F. The summed E-state index contributed by atoms with van der Waals surface area (Å²) in [7, 11) is 0. The zero-order valence-electron chi connectivity index (χ0n) is 25.4. The first-order chi connectivity index (χ1) is 22.8. The van der Waals surface area contributed by atoms with E-state index in [2.05, 4.69) is 21.2 Å². The number of hydrogen-bond donors (Lipinski definition) is 5. The maximum atomic E-state index is 13.7. The van der Waals surface area contributed by atoms with Crippen LogP contribution >= 0.6 is 0 Å². The van der Waals surface area contributed by atoms with Crippen LogP contribution in [0.25, 0.3) is 22.0 Å². The van der Waals surface area contributed by atoms with E-state index in [1.165, 1.54) is 6.07 Å². The minimum absolute atomic E-state index is 0.211. The fourth-order valence-corrected chi connectivity index (χ4v) is 3.30. The monoisotopic (exact) mass is 732 g/mol. The number of aromatic amines is 1. The first kappa shape index (κ1) is 42.6. The van der Waals surface area contributed by atoms with Crippen molar-refractivity contribution in [3.8, 4) is 16.9 Å². The third-order valence-electron chi connectivity index (χ3n) is 5.72. The quantitative estimate of drug-likeness (QED) is 0.142. The average Bonchev–Trinajstić information content (AvgIpc) is 3.37. The number of ether oxygens (including phenoxy) is 1. The minimum atomic E-state index is -5.08. The fourth-order valence-electron chi connectivity index (χ4n) is 3.30. The minimum Gasteiger partial charge on any atom is -0.490 e. The lowest BCUT2D eigenvalue weighted by atomic mass is 10.0. The number of rotatable bonds is 6. The van der Waals surface area contributed by atoms with Crippen LogP contribution in [0, 0.1) is 19.7 Å². The predicted molar refractivity (Wildman–Crippen MR) is 153 cm³/mol. The Morgan fingerprint density at radius 2 is 1.32 bits per heavy atom. The van der Waals surface area contributed by atoms with Crippen LogP contribution in [-0.4, -0.2) is 79.6 Å². The number of H-pyrrole nitrogens is 1. The molecular formula is C29H26F10N4O7. The summed E-state index contributed by atoms with van der Waals surface area (Å²) in [6.07, 6.45) is -11.2. The second-order valence-electron chi connectivity index (χ2n) is 9.76. The number of nitrogens with two attached hydrogens (primary N) is 1. The Balaban J connectivity index is 0.000000486. The fraction of sp³-hybridized carbons (Fsp3) is 0.276. The summed E-state index contributed by atoms with van der Waals surface area (Å²) < 4.78 is 115. The number of fused-ring (bicyclic) bond motifs is 1. The Labute approximate surface area is 274 Å². The number of carboxylic acids is 3. The first-order valence-corrected chi connectivity index (χ1v) is 13.3. The van der Waals surface area contributed by atoms with Gasteiger partial charge in [0.2, 0.25) is 0 Å². The zero-order chi connectivity index (χ0) is 38.6. The molecule has 21 heteroatoms. The summed E-state index contributed by atoms with van der Waals surface area (Å²) in [5, 5.41) is 29.7. The van der Waals surface area contributed by atoms with Crippen molar-refractivity contribution in [3.63, 3.8) is 0 Å². The molecule has 4 rings (SSSR count). The molecule has 0 bridgehead atoms. The molecule has 274 valence electrons. The van der Waals surface area contributed by atoms with Crippen molar-refractivity contribution in [2.75, 3.05) is 6.61 Å². The lowest BCUT2D eigenvalue weighted by Crippen LogP contribution is -2.30. The maximum absolute atomic E-state index is 13.7. The Bertz CT molecular complexity index is 1700. The highest BCUT2D eigenvalue weighted by Gasteiger charge is 2.39. The summed E-state index contributed by atoms with van der Waals surface area (Å²) >= 11 is 0. The van der Waals surface area contributed by atoms with E-state index in [4.69, 9.17) is 40.2 Å². The Morgan fingerprint density at radius 3 is 1.80 bits per heavy atom. The van der Waals surface area contributed by atoms with Gasteiger partial charge in [-0.05, 0) is 61.2 Å². The van der Waals surface area contributed by atoms with Crippen LogP contribution < -0.4 is 10.5 Å². The summed E-state index contributed by atoms with van der Waals surface area (Å²) in [5.41, 5.74) is 11.6. The number of halogens is 10. The van der Waals surface area contributed by atoms with E-state index in [1.807, 2.05) is 31.2 Å². The van der Waals surface area contributed by atoms with Crippen molar-refractivity contribution in [3.05, 3.63) is 77.5 Å². The highest BCUT2D eigenvalue weighted by Crippen LogP contribution is 2.27. The molecule has 11 nitrogen and oxygen atoms in total. The molecule has 50 heavy (non-hydrogen) atoms. The molecule has 0 saturated heterocycles. The molecule has 6 N–H and O–H groups in total. The lowest BCUT2D eigenvalue weighted by molar-refractivity contribution is -0.193. The number of benzene rings is 2. The third-order valence-corrected chi connectivity index (χ3v) is 5.72. The molecule has 2 aromatic carbocycles. The molecule has 0 amide bonds. The van der Waals surface area contributed by atoms with E-state index in [0.29, 0.717) is 24.3 Å². The van der Waals surface area contributed by atoms with Gasteiger partial charge in [0.15, 0.2) is 0 Å². The normalized spacial score (nSPS) is 11.9. The van der Waals surface area contributed by atoms with Gasteiger partial charge in [-0.1, -0.05) is 18.2 Å². The van der Waals surface area contributed by atoms with Crippen molar-refractivity contribution < 1.29 is 78.3 Å². The van der Waals surface area contributed by atoms with E-state index in [-0.39, 0.29) is 11.9 Å². The number of nitrogens with one attached hydrogen (secondary N) is 1. The van der Waals surface area contributed by atoms with Crippen LogP contribution in [0.1, 0.15) is 16.8 Å². The van der Waals surface area contributed by atoms with Gasteiger partial charge in [-0.2, -0.15) is 44.6 Å². The molecule has 0 aliphatic carbocycles. The molecule has 1 atom stereocenters. The predicted octanol–water partition coefficient (Wildman–Crippen LogP) is 6.23. The van der Waals surface area contributed by atoms with Crippen molar-refractivity contribution >= 4 is 28.8 Å². The summed E-state index contributed by atoms with van der Waals surface area (Å²) in [5.74, 6) is -7.83. The molecular weight excluding hydrogens is 706 g/mol. The highest BCUT2D eigenvalue weighted by atomic mass is 19.4. The molecule has 2 heterocycles. The number of carbonyl (C=O) groups is 3. The smallest absolute Gasteiger partial charge is 0.490 e. The van der Waals surface area contributed by atoms with Gasteiger partial charge in [-0.3, -0.25) is 10.1 Å². The second kappa shape index (κ2) is 17.8. The zero-order valence-corrected chi connectivity index (χ0v) is 25.4. The number of nitrogens with zero attached hydrogens (tertiary/aromatic N) is 2. The van der Waals surface area contributed by atoms with E-state index in [0.717, 1.165) is 33.3 Å². The molecule has 2 aromatic heterocycles. The number of carboxylic acid groups (broad SMARTS) is 3. The van der Waals surface area contributed by atoms with E-state index in [1.54, 1.807) is 25.4 Å². The topological polar surface area (TPSA) is 189 Å². The number of pyridine rings is 1. The Kier molecular flexibility index (Phi) is 15.1. The molecule has 0 aliphatic heterocycles. The number of hydrogen-bond acceptors (Lipinski definition) is 7. The number of aromatic nitrogens is 3. The van der Waals surface area contributed by atoms with Crippen molar-refractivity contribution in [1.82, 2.24) is 15.2 Å². The van der Waals surface area contributed by atoms with Gasteiger partial charge in [-0.15, -0.1) is 0 Å². The van der Waals surface area contributed by atoms with E-state index in [9.17, 15) is 43.9 Å². The van der Waals surface area contributed by atoms with Gasteiger partial charge in [0, 0.05) is 28.9 Å². The Hall–Kier alpha value is -5.47. The second-order valence-corrected chi connectivity index (χ2v) is 9.76. The summed E-state index contributed by atoms with van der Waals surface area (Å²) in [4.78, 5) is 31.0. The van der Waals surface area contributed by atoms with Crippen LogP contribution in [0.2, 0.25) is 0 Å². The van der Waals surface area contributed by atoms with Crippen molar-refractivity contribution in [1.29, 1.82) is 0 Å². The van der Waals surface area contributed by atoms with Crippen LogP contribution in [0.15, 0.2) is 54.9 Å². The molecule has 0 spiro atoms. The molecule has 0 radical (unpaired) electrons. The van der Waals surface area contributed by atoms with Gasteiger partial charge in [-0.25, -0.2) is 18.8 Å². The molecule has 0 fully saturated rings. The Morgan fingerprint density at radius 1 is 0.800 bits per heavy atom. The van der Waals surface area contributed by atoms with Gasteiger partial charge in [0.1, 0.15) is 18.2 Å². The van der Waals surface area contributed by atoms with Gasteiger partial charge >= 0.3 is 36.4 Å². The lowest BCUT2D eigenvalue weighted by Gasteiger charge is -2.14. The maximum Gasteiger partial charge on any atom is 0.490 e. The van der Waals surface area contributed by atoms with Gasteiger partial charge in [0.25, 0.3) is 0 Å². The summed E-state index contributed by atoms with van der Waals surface area (Å²) in [6, 6.07) is 13.0. The third kappa shape index (κ3) is 14.7. The van der Waals surface area contributed by atoms with E-state index < -0.39 is 36.4 Å². The van der Waals surface area contributed by atoms with Crippen LogP contribution in [-0.2, 0) is 20.8 Å². The highest BCUT2D eigenvalue weighted by molar-refractivity contribution is 5.86. The molecule has 4 aromatic rings. The van der Waals surface area contributed by atoms with Gasteiger partial charge < -0.3 is 25.8 Å². The van der Waals surface area contributed by atoms with Crippen LogP contribution in [0.5, 0.6) is 5.75 Å². The standard InChI is InChI=1S/C23H23FN4O.3C2HF3O2/c1-14-3-4-16(8-22(14)24)7-19(25)13-29-20-9-18(11-26-12-20)17-5-6-23-21(10-17)15(2)27-28-23;3*3-2(4,5)1(6)7/h3-6,8-12,19H,7,13,25H2,1-2H3,(H,27,28);3*(H,6,7)/t19-;;;/m0.../s1. The summed E-state index contributed by atoms with van der Waals surface area (Å²) in [6.45, 7) is 4.06. The average molecular weight is 733 g/mol. The van der Waals surface area contributed by atoms with E-state index >= 15 is 0 Å². The number of alkyl halides is 9. The molecule has 0 saturated carbocycles. The number of aryl methyl sites for hydroxylation is 2. The first-order valence-electron chi connectivity index (χ1n) is 13.3. The van der Waals surface area contributed by atoms with Crippen molar-refractivity contribution in [2.24, 2.45) is 5.73 Å². The largest absolute Gasteiger partial charge is 0.490 e.